The van der Waals surface area contributed by atoms with Crippen molar-refractivity contribution in [1.29, 1.82) is 0 Å². The topological polar surface area (TPSA) is 78.5 Å². The van der Waals surface area contributed by atoms with Gasteiger partial charge in [0.2, 0.25) is 11.8 Å². The molecule has 0 bridgehead atoms. The minimum Gasteiger partial charge on any atom is -0.348 e. The number of fused-ring (bicyclic) bond motifs is 3. The number of nitrogens with one attached hydrogen (secondary N) is 2. The maximum Gasteiger partial charge on any atom is 0.251 e. The van der Waals surface area contributed by atoms with Crippen LogP contribution in [0.1, 0.15) is 22.3 Å². The molecular formula is C27H20ClN3O3. The molecule has 34 heavy (non-hydrogen) atoms. The number of halogens is 1. The van der Waals surface area contributed by atoms with E-state index < -0.39 is 0 Å². The lowest BCUT2D eigenvalue weighted by Gasteiger charge is -2.23. The van der Waals surface area contributed by atoms with E-state index in [4.69, 9.17) is 11.6 Å². The molecule has 1 aliphatic rings. The van der Waals surface area contributed by atoms with Crippen LogP contribution in [0.4, 0.5) is 17.1 Å². The molecule has 0 spiro atoms. The number of anilines is 3. The molecular weight excluding hydrogens is 450 g/mol. The smallest absolute Gasteiger partial charge is 0.251 e. The third kappa shape index (κ3) is 4.11. The number of carbonyl (C=O) groups excluding carboxylic acids is 3. The molecule has 0 saturated carbocycles. The van der Waals surface area contributed by atoms with Crippen molar-refractivity contribution in [3.8, 4) is 0 Å². The molecule has 3 amide bonds. The predicted molar refractivity (Wildman–Crippen MR) is 133 cm³/mol. The molecule has 0 aliphatic carbocycles. The average molecular weight is 470 g/mol. The van der Waals surface area contributed by atoms with E-state index in [9.17, 15) is 14.4 Å². The fourth-order valence-electron chi connectivity index (χ4n) is 4.08. The zero-order chi connectivity index (χ0) is 23.7. The second kappa shape index (κ2) is 9.00. The van der Waals surface area contributed by atoms with Gasteiger partial charge in [-0.05, 0) is 47.3 Å². The molecule has 0 fully saturated rings. The largest absolute Gasteiger partial charge is 0.348 e. The highest BCUT2D eigenvalue weighted by molar-refractivity contribution is 6.31. The van der Waals surface area contributed by atoms with E-state index in [1.54, 1.807) is 30.3 Å². The Hall–Kier alpha value is -4.16. The number of carbonyl (C=O) groups is 3. The molecule has 168 valence electrons. The fourth-order valence-corrected chi connectivity index (χ4v) is 4.28. The number of benzene rings is 4. The Morgan fingerprint density at radius 2 is 1.65 bits per heavy atom. The molecule has 5 rings (SSSR count). The molecule has 1 heterocycles. The van der Waals surface area contributed by atoms with Crippen LogP contribution in [0.25, 0.3) is 10.8 Å². The summed E-state index contributed by atoms with van der Waals surface area (Å²) in [6.07, 6.45) is -0.275. The summed E-state index contributed by atoms with van der Waals surface area (Å²) in [5.74, 6) is -0.958. The maximum absolute atomic E-state index is 13.0. The summed E-state index contributed by atoms with van der Waals surface area (Å²) in [7, 11) is 0. The molecule has 0 radical (unpaired) electrons. The van der Waals surface area contributed by atoms with Crippen molar-refractivity contribution in [3.05, 3.63) is 101 Å². The molecule has 1 aliphatic heterocycles. The third-order valence-corrected chi connectivity index (χ3v) is 6.13. The lowest BCUT2D eigenvalue weighted by atomic mass is 10.1. The van der Waals surface area contributed by atoms with E-state index in [2.05, 4.69) is 10.6 Å². The van der Waals surface area contributed by atoms with Gasteiger partial charge in [0.1, 0.15) is 6.42 Å². The van der Waals surface area contributed by atoms with Gasteiger partial charge in [-0.25, -0.2) is 0 Å². The van der Waals surface area contributed by atoms with E-state index in [-0.39, 0.29) is 24.1 Å². The Bertz CT molecular complexity index is 1430. The normalized spacial score (nSPS) is 13.3. The number of amides is 3. The molecule has 0 unspecified atom stereocenters. The molecule has 0 aromatic heterocycles. The molecule has 0 saturated heterocycles. The summed E-state index contributed by atoms with van der Waals surface area (Å²) in [6, 6.07) is 25.5. The van der Waals surface area contributed by atoms with E-state index in [1.165, 1.54) is 4.90 Å². The molecule has 0 atom stereocenters. The van der Waals surface area contributed by atoms with Crippen LogP contribution in [0, 0.1) is 0 Å². The highest BCUT2D eigenvalue weighted by atomic mass is 35.5. The first-order valence-corrected chi connectivity index (χ1v) is 11.2. The Kier molecular flexibility index (Phi) is 5.74. The highest BCUT2D eigenvalue weighted by Crippen LogP contribution is 2.39. The molecule has 2 N–H and O–H groups in total. The predicted octanol–water partition coefficient (Wildman–Crippen LogP) is 5.43. The van der Waals surface area contributed by atoms with Gasteiger partial charge in [-0.3, -0.25) is 19.3 Å². The van der Waals surface area contributed by atoms with Gasteiger partial charge < -0.3 is 10.6 Å². The van der Waals surface area contributed by atoms with E-state index >= 15 is 0 Å². The minimum absolute atomic E-state index is 0.253. The lowest BCUT2D eigenvalue weighted by Crippen LogP contribution is -2.26. The number of rotatable bonds is 4. The van der Waals surface area contributed by atoms with Gasteiger partial charge in [0.15, 0.2) is 0 Å². The van der Waals surface area contributed by atoms with E-state index in [1.807, 2.05) is 54.6 Å². The summed E-state index contributed by atoms with van der Waals surface area (Å²) in [6.45, 7) is 0.305. The van der Waals surface area contributed by atoms with Crippen molar-refractivity contribution in [1.82, 2.24) is 5.32 Å². The maximum atomic E-state index is 13.0. The summed E-state index contributed by atoms with van der Waals surface area (Å²) in [4.78, 5) is 39.6. The SMILES string of the molecule is O=C1CC(=O)N(c2ccc(C(=O)NCc3ccccc3Cl)cc2)c2ccc3ccccc3c2N1. The first-order valence-electron chi connectivity index (χ1n) is 10.8. The Balaban J connectivity index is 1.44. The van der Waals surface area contributed by atoms with Crippen molar-refractivity contribution < 1.29 is 14.4 Å². The van der Waals surface area contributed by atoms with Crippen LogP contribution in [0.5, 0.6) is 0 Å². The van der Waals surface area contributed by atoms with Crippen LogP contribution >= 0.6 is 11.6 Å². The van der Waals surface area contributed by atoms with Crippen molar-refractivity contribution >= 4 is 57.2 Å². The summed E-state index contributed by atoms with van der Waals surface area (Å²) < 4.78 is 0. The third-order valence-electron chi connectivity index (χ3n) is 5.76. The summed E-state index contributed by atoms with van der Waals surface area (Å²) in [5, 5.41) is 8.14. The number of hydrogen-bond acceptors (Lipinski definition) is 3. The Morgan fingerprint density at radius 1 is 0.912 bits per heavy atom. The van der Waals surface area contributed by atoms with Gasteiger partial charge in [0.05, 0.1) is 11.4 Å². The quantitative estimate of drug-likeness (QED) is 0.391. The second-order valence-corrected chi connectivity index (χ2v) is 8.36. The molecule has 4 aromatic carbocycles. The van der Waals surface area contributed by atoms with Crippen molar-refractivity contribution in [2.24, 2.45) is 0 Å². The average Bonchev–Trinajstić information content (AvgIpc) is 2.98. The van der Waals surface area contributed by atoms with Gasteiger partial charge in [-0.2, -0.15) is 0 Å². The van der Waals surface area contributed by atoms with Crippen LogP contribution in [-0.2, 0) is 16.1 Å². The molecule has 4 aromatic rings. The zero-order valence-corrected chi connectivity index (χ0v) is 18.8. The van der Waals surface area contributed by atoms with Crippen LogP contribution in [0.15, 0.2) is 84.9 Å². The van der Waals surface area contributed by atoms with Crippen molar-refractivity contribution in [3.63, 3.8) is 0 Å². The Morgan fingerprint density at radius 3 is 2.44 bits per heavy atom. The van der Waals surface area contributed by atoms with Gasteiger partial charge in [-0.15, -0.1) is 0 Å². The van der Waals surface area contributed by atoms with E-state index in [0.717, 1.165) is 16.3 Å². The minimum atomic E-state index is -0.360. The number of nitrogens with zero attached hydrogens (tertiary/aromatic N) is 1. The highest BCUT2D eigenvalue weighted by Gasteiger charge is 2.28. The van der Waals surface area contributed by atoms with Crippen LogP contribution in [-0.4, -0.2) is 17.7 Å². The number of hydrogen-bond donors (Lipinski definition) is 2. The van der Waals surface area contributed by atoms with Gasteiger partial charge in [-0.1, -0.05) is 60.1 Å². The first kappa shape index (κ1) is 21.7. The lowest BCUT2D eigenvalue weighted by molar-refractivity contribution is -0.124. The van der Waals surface area contributed by atoms with Crippen molar-refractivity contribution in [2.45, 2.75) is 13.0 Å². The molecule has 7 heteroatoms. The van der Waals surface area contributed by atoms with Crippen LogP contribution < -0.4 is 15.5 Å². The van der Waals surface area contributed by atoms with Gasteiger partial charge >= 0.3 is 0 Å². The van der Waals surface area contributed by atoms with Crippen LogP contribution in [0.2, 0.25) is 5.02 Å². The standard InChI is InChI=1S/C27H20ClN3O3/c28-22-8-4-2-6-19(22)16-29-27(34)18-9-12-20(13-10-18)31-23-14-11-17-5-1-3-7-21(17)26(23)30-24(32)15-25(31)33/h1-14H,15-16H2,(H,29,34)(H,30,32). The molecule has 6 nitrogen and oxygen atoms in total. The van der Waals surface area contributed by atoms with Gasteiger partial charge in [0, 0.05) is 28.2 Å². The van der Waals surface area contributed by atoms with E-state index in [0.29, 0.717) is 34.2 Å². The van der Waals surface area contributed by atoms with Crippen molar-refractivity contribution in [2.75, 3.05) is 10.2 Å². The fraction of sp³-hybridized carbons (Fsp3) is 0.0741. The Labute approximate surface area is 201 Å². The summed E-state index contributed by atoms with van der Waals surface area (Å²) >= 11 is 6.16. The van der Waals surface area contributed by atoms with Gasteiger partial charge in [0.25, 0.3) is 5.91 Å². The van der Waals surface area contributed by atoms with Crippen LogP contribution in [0.3, 0.4) is 0 Å². The monoisotopic (exact) mass is 469 g/mol. The first-order chi connectivity index (χ1) is 16.5. The second-order valence-electron chi connectivity index (χ2n) is 7.96. The zero-order valence-electron chi connectivity index (χ0n) is 18.0. The summed E-state index contributed by atoms with van der Waals surface area (Å²) in [5.41, 5.74) is 3.03.